The van der Waals surface area contributed by atoms with Gasteiger partial charge < -0.3 is 10.1 Å². The van der Waals surface area contributed by atoms with Crippen molar-refractivity contribution in [3.8, 4) is 11.4 Å². The molecule has 170 valence electrons. The number of piperazine rings is 1. The first-order valence-electron chi connectivity index (χ1n) is 10.7. The Bertz CT molecular complexity index is 1300. The zero-order chi connectivity index (χ0) is 22.9. The van der Waals surface area contributed by atoms with E-state index in [4.69, 9.17) is 9.72 Å². The molecule has 2 aromatic carbocycles. The van der Waals surface area contributed by atoms with Gasteiger partial charge in [-0.05, 0) is 44.2 Å². The zero-order valence-corrected chi connectivity index (χ0v) is 19.4. The van der Waals surface area contributed by atoms with Gasteiger partial charge in [0, 0.05) is 32.4 Å². The van der Waals surface area contributed by atoms with Crippen molar-refractivity contribution < 1.29 is 13.2 Å². The van der Waals surface area contributed by atoms with Gasteiger partial charge in [-0.1, -0.05) is 12.1 Å². The van der Waals surface area contributed by atoms with Crippen LogP contribution < -0.4 is 15.6 Å². The fraction of sp³-hybridized carbons (Fsp3) is 0.391. The van der Waals surface area contributed by atoms with Gasteiger partial charge in [-0.3, -0.25) is 14.3 Å². The Labute approximate surface area is 187 Å². The van der Waals surface area contributed by atoms with Gasteiger partial charge >= 0.3 is 0 Å². The molecule has 0 radical (unpaired) electrons. The largest absolute Gasteiger partial charge is 0.489 e. The Morgan fingerprint density at radius 2 is 1.84 bits per heavy atom. The number of sulfone groups is 1. The van der Waals surface area contributed by atoms with Crippen molar-refractivity contribution in [3.63, 3.8) is 0 Å². The Morgan fingerprint density at radius 3 is 2.53 bits per heavy atom. The monoisotopic (exact) mass is 456 g/mol. The molecular formula is C23H28N4O4S. The Balaban J connectivity index is 1.98. The van der Waals surface area contributed by atoms with Gasteiger partial charge in [-0.15, -0.1) is 0 Å². The van der Waals surface area contributed by atoms with E-state index in [0.717, 1.165) is 32.4 Å². The molecule has 1 saturated heterocycles. The minimum Gasteiger partial charge on any atom is -0.489 e. The second-order valence-electron chi connectivity index (χ2n) is 8.28. The molecule has 0 aliphatic carbocycles. The fourth-order valence-corrected chi connectivity index (χ4v) is 4.50. The maximum Gasteiger partial charge on any atom is 0.266 e. The van der Waals surface area contributed by atoms with Crippen LogP contribution in [0.1, 0.15) is 19.7 Å². The smallest absolute Gasteiger partial charge is 0.266 e. The number of rotatable bonds is 6. The van der Waals surface area contributed by atoms with E-state index in [1.54, 1.807) is 18.2 Å². The van der Waals surface area contributed by atoms with Crippen molar-refractivity contribution in [2.75, 3.05) is 32.4 Å². The molecule has 0 unspecified atom stereocenters. The summed E-state index contributed by atoms with van der Waals surface area (Å²) in [6, 6.07) is 11.8. The Hall–Kier alpha value is -2.75. The third kappa shape index (κ3) is 4.69. The van der Waals surface area contributed by atoms with Crippen LogP contribution >= 0.6 is 0 Å². The summed E-state index contributed by atoms with van der Waals surface area (Å²) < 4.78 is 32.1. The topological polar surface area (TPSA) is 93.5 Å². The summed E-state index contributed by atoms with van der Waals surface area (Å²) in [6.07, 6.45) is 0.997. The first kappa shape index (κ1) is 22.4. The molecule has 2 heterocycles. The molecule has 0 bridgehead atoms. The van der Waals surface area contributed by atoms with E-state index in [-0.39, 0.29) is 16.6 Å². The molecule has 8 nitrogen and oxygen atoms in total. The van der Waals surface area contributed by atoms with Crippen molar-refractivity contribution in [3.05, 3.63) is 58.6 Å². The molecule has 1 aliphatic heterocycles. The molecule has 1 aromatic heterocycles. The van der Waals surface area contributed by atoms with Gasteiger partial charge in [0.05, 0.1) is 34.1 Å². The predicted molar refractivity (Wildman–Crippen MR) is 124 cm³/mol. The molecule has 32 heavy (non-hydrogen) atoms. The van der Waals surface area contributed by atoms with Gasteiger partial charge in [0.2, 0.25) is 0 Å². The summed E-state index contributed by atoms with van der Waals surface area (Å²) in [5.41, 5.74) is 0.750. The van der Waals surface area contributed by atoms with Crippen molar-refractivity contribution in [1.29, 1.82) is 0 Å². The maximum absolute atomic E-state index is 13.7. The minimum atomic E-state index is -3.48. The molecule has 0 spiro atoms. The normalized spacial score (nSPS) is 15.4. The summed E-state index contributed by atoms with van der Waals surface area (Å²) in [5, 5.41) is 3.79. The summed E-state index contributed by atoms with van der Waals surface area (Å²) in [5.74, 6) is 0.989. The van der Waals surface area contributed by atoms with Gasteiger partial charge in [-0.2, -0.15) is 0 Å². The first-order valence-corrected chi connectivity index (χ1v) is 12.6. The Morgan fingerprint density at radius 1 is 1.12 bits per heavy atom. The minimum absolute atomic E-state index is 0.122. The van der Waals surface area contributed by atoms with Crippen LogP contribution in [0.15, 0.2) is 52.2 Å². The molecule has 1 N–H and O–H groups in total. The third-order valence-electron chi connectivity index (χ3n) is 5.38. The molecule has 0 atom stereocenters. The maximum atomic E-state index is 13.7. The van der Waals surface area contributed by atoms with Crippen molar-refractivity contribution in [2.45, 2.75) is 31.4 Å². The molecule has 3 aromatic rings. The predicted octanol–water partition coefficient (Wildman–Crippen LogP) is 1.98. The summed E-state index contributed by atoms with van der Waals surface area (Å²) >= 11 is 0. The third-order valence-corrected chi connectivity index (χ3v) is 6.49. The molecule has 0 amide bonds. The number of ether oxygens (including phenoxy) is 1. The second-order valence-corrected chi connectivity index (χ2v) is 10.3. The van der Waals surface area contributed by atoms with Crippen LogP contribution in [0, 0.1) is 0 Å². The van der Waals surface area contributed by atoms with E-state index in [0.29, 0.717) is 34.7 Å². The van der Waals surface area contributed by atoms with Gasteiger partial charge in [0.15, 0.2) is 9.84 Å². The molecule has 0 saturated carbocycles. The quantitative estimate of drug-likeness (QED) is 0.606. The molecule has 1 fully saturated rings. The highest BCUT2D eigenvalue weighted by molar-refractivity contribution is 7.90. The van der Waals surface area contributed by atoms with E-state index in [2.05, 4.69) is 10.2 Å². The highest BCUT2D eigenvalue weighted by Crippen LogP contribution is 2.28. The van der Waals surface area contributed by atoms with E-state index in [1.165, 1.54) is 16.7 Å². The second kappa shape index (κ2) is 9.01. The first-order chi connectivity index (χ1) is 15.2. The van der Waals surface area contributed by atoms with Crippen LogP contribution in [0.4, 0.5) is 0 Å². The lowest BCUT2D eigenvalue weighted by Gasteiger charge is -2.28. The average Bonchev–Trinajstić information content (AvgIpc) is 2.74. The average molecular weight is 457 g/mol. The SMILES string of the molecule is CC(C)Oc1ccc(S(C)(=O)=O)cc1-n1c(CN2CCNCC2)nc2ccccc2c1=O. The molecule has 4 rings (SSSR count). The van der Waals surface area contributed by atoms with Gasteiger partial charge in [0.25, 0.3) is 5.56 Å². The zero-order valence-electron chi connectivity index (χ0n) is 18.5. The molecule has 9 heteroatoms. The number of nitrogens with zero attached hydrogens (tertiary/aromatic N) is 3. The van der Waals surface area contributed by atoms with Crippen molar-refractivity contribution in [2.24, 2.45) is 0 Å². The van der Waals surface area contributed by atoms with E-state index < -0.39 is 9.84 Å². The number of aromatic nitrogens is 2. The summed E-state index contributed by atoms with van der Waals surface area (Å²) in [7, 11) is -3.48. The Kier molecular flexibility index (Phi) is 6.32. The summed E-state index contributed by atoms with van der Waals surface area (Å²) in [6.45, 7) is 7.63. The van der Waals surface area contributed by atoms with Gasteiger partial charge in [-0.25, -0.2) is 13.4 Å². The number of hydrogen-bond acceptors (Lipinski definition) is 7. The highest BCUT2D eigenvalue weighted by atomic mass is 32.2. The fourth-order valence-electron chi connectivity index (χ4n) is 3.86. The summed E-state index contributed by atoms with van der Waals surface area (Å²) in [4.78, 5) is 20.8. The lowest BCUT2D eigenvalue weighted by Crippen LogP contribution is -2.44. The van der Waals surface area contributed by atoms with Crippen LogP contribution in [-0.4, -0.2) is 61.4 Å². The van der Waals surface area contributed by atoms with Crippen LogP contribution in [-0.2, 0) is 16.4 Å². The van der Waals surface area contributed by atoms with E-state index in [9.17, 15) is 13.2 Å². The van der Waals surface area contributed by atoms with Gasteiger partial charge in [0.1, 0.15) is 11.6 Å². The molecule has 1 aliphatic rings. The lowest BCUT2D eigenvalue weighted by molar-refractivity contribution is 0.225. The number of hydrogen-bond donors (Lipinski definition) is 1. The van der Waals surface area contributed by atoms with Crippen LogP contribution in [0.3, 0.4) is 0 Å². The number of fused-ring (bicyclic) bond motifs is 1. The van der Waals surface area contributed by atoms with E-state index >= 15 is 0 Å². The van der Waals surface area contributed by atoms with Crippen LogP contribution in [0.2, 0.25) is 0 Å². The van der Waals surface area contributed by atoms with Crippen LogP contribution in [0.5, 0.6) is 5.75 Å². The highest BCUT2D eigenvalue weighted by Gasteiger charge is 2.21. The number of nitrogens with one attached hydrogen (secondary N) is 1. The standard InChI is InChI=1S/C23H28N4O4S/c1-16(2)31-21-9-8-17(32(3,29)30)14-20(21)27-22(15-26-12-10-24-11-13-26)25-19-7-5-4-6-18(19)23(27)28/h4-9,14,16,24H,10-13,15H2,1-3H3. The van der Waals surface area contributed by atoms with E-state index in [1.807, 2.05) is 26.0 Å². The number of benzene rings is 2. The molecular weight excluding hydrogens is 428 g/mol. The number of para-hydroxylation sites is 1. The van der Waals surface area contributed by atoms with Crippen LogP contribution in [0.25, 0.3) is 16.6 Å². The van der Waals surface area contributed by atoms with Crippen molar-refractivity contribution in [1.82, 2.24) is 19.8 Å². The van der Waals surface area contributed by atoms with Crippen molar-refractivity contribution >= 4 is 20.7 Å². The lowest BCUT2D eigenvalue weighted by atomic mass is 10.2.